The van der Waals surface area contributed by atoms with Crippen LogP contribution in [0.4, 0.5) is 34.1 Å². The van der Waals surface area contributed by atoms with Crippen molar-refractivity contribution in [2.75, 3.05) is 21.3 Å². The molecule has 0 aromatic heterocycles. The maximum Gasteiger partial charge on any atom is 0.258 e. The Bertz CT molecular complexity index is 2520. The summed E-state index contributed by atoms with van der Waals surface area (Å²) in [7, 11) is 0. The average molecular weight is 945 g/mol. The number of carbonyl (C=O) groups is 6. The Morgan fingerprint density at radius 2 is 0.891 bits per heavy atom. The highest BCUT2D eigenvalue weighted by Crippen LogP contribution is 2.30. The topological polar surface area (TPSA) is 200 Å². The molecule has 4 N–H and O–H groups in total. The van der Waals surface area contributed by atoms with Crippen LogP contribution in [0.25, 0.3) is 0 Å². The first-order valence-corrected chi connectivity index (χ1v) is 21.2. The minimum absolute atomic E-state index is 0.0833. The smallest absolute Gasteiger partial charge is 0.258 e. The Labute approximate surface area is 389 Å². The number of alkyl halides is 2. The number of hydrogen-bond donors (Lipinski definition) is 4. The largest absolute Gasteiger partial charge is 0.324 e. The molecule has 64 heavy (non-hydrogen) atoms. The molecule has 0 bridgehead atoms. The van der Waals surface area contributed by atoms with E-state index < -0.39 is 47.3 Å². The number of carbonyl (C=O) groups excluding carboxylic acids is 6. The van der Waals surface area contributed by atoms with Gasteiger partial charge >= 0.3 is 0 Å². The maximum absolute atomic E-state index is 13.4. The lowest BCUT2D eigenvalue weighted by atomic mass is 10.1. The van der Waals surface area contributed by atoms with E-state index in [2.05, 4.69) is 41.7 Å². The molecule has 0 aliphatic rings. The quantitative estimate of drug-likeness (QED) is 0.0431. The summed E-state index contributed by atoms with van der Waals surface area (Å²) in [6.07, 6.45) is 0. The number of Topliss-reactive ketones (excluding diaryl/α,β-unsaturated/α-hetero) is 2. The summed E-state index contributed by atoms with van der Waals surface area (Å²) in [5.41, 5.74) is 4.72. The van der Waals surface area contributed by atoms with Gasteiger partial charge in [0.2, 0.25) is 12.1 Å². The SMILES string of the molecule is CC(=O)C(N=Nc1ccc(Cl)c(C(=O)Nc2cccc(C(C)Cl)c2)c1)C(=O)Nc1cc(C)c(NC(=O)C(N=Nc2ccc(Cl)c(C(=O)Nc3cccc(C(C)Cl)c3)c2)C(C)=O)cc1C. The van der Waals surface area contributed by atoms with Gasteiger partial charge in [0.25, 0.3) is 23.6 Å². The van der Waals surface area contributed by atoms with Crippen molar-refractivity contribution >= 4 is 116 Å². The Morgan fingerprint density at radius 3 is 1.23 bits per heavy atom. The van der Waals surface area contributed by atoms with Gasteiger partial charge in [-0.2, -0.15) is 20.5 Å². The van der Waals surface area contributed by atoms with Crippen LogP contribution in [-0.4, -0.2) is 47.3 Å². The van der Waals surface area contributed by atoms with E-state index in [1.165, 1.54) is 50.2 Å². The molecule has 0 saturated carbocycles. The number of azo groups is 2. The summed E-state index contributed by atoms with van der Waals surface area (Å²) in [6.45, 7) is 9.31. The standard InChI is InChI=1S/C46H42Cl4N8O6/c1-23-17-40(54-46(64)42(28(6)60)58-56-34-14-16-38(50)36(22-34)44(62)52-32-12-8-10-30(20-32)26(4)48)24(2)18-39(23)53-45(63)41(27(5)59)57-55-33-13-15-37(49)35(21-33)43(61)51-31-11-7-9-29(19-31)25(3)47/h7-22,25-26,41-42H,1-6H3,(H,51,61)(H,52,62)(H,53,63)(H,54,64). The summed E-state index contributed by atoms with van der Waals surface area (Å²) in [5.74, 6) is -3.83. The Balaban J connectivity index is 1.25. The van der Waals surface area contributed by atoms with Crippen molar-refractivity contribution in [3.8, 4) is 0 Å². The second-order valence-electron chi connectivity index (χ2n) is 14.6. The number of benzene rings is 5. The monoisotopic (exact) mass is 942 g/mol. The van der Waals surface area contributed by atoms with E-state index in [4.69, 9.17) is 46.4 Å². The van der Waals surface area contributed by atoms with Crippen molar-refractivity contribution in [3.05, 3.63) is 140 Å². The molecule has 0 heterocycles. The van der Waals surface area contributed by atoms with Crippen molar-refractivity contribution in [2.24, 2.45) is 20.5 Å². The van der Waals surface area contributed by atoms with Crippen molar-refractivity contribution in [1.29, 1.82) is 0 Å². The van der Waals surface area contributed by atoms with Crippen molar-refractivity contribution in [1.82, 2.24) is 0 Å². The molecule has 0 saturated heterocycles. The molecule has 0 fully saturated rings. The van der Waals surface area contributed by atoms with Gasteiger partial charge in [0.1, 0.15) is 0 Å². The van der Waals surface area contributed by atoms with Gasteiger partial charge in [-0.1, -0.05) is 47.5 Å². The molecule has 0 spiro atoms. The van der Waals surface area contributed by atoms with Crippen molar-refractivity contribution in [2.45, 2.75) is 64.4 Å². The predicted molar refractivity (Wildman–Crippen MR) is 251 cm³/mol. The molecular weight excluding hydrogens is 902 g/mol. The number of amides is 4. The summed E-state index contributed by atoms with van der Waals surface area (Å²) in [6, 6.07) is 22.7. The third-order valence-corrected chi connectivity index (χ3v) is 10.7. The summed E-state index contributed by atoms with van der Waals surface area (Å²) in [4.78, 5) is 78.3. The zero-order valence-corrected chi connectivity index (χ0v) is 38.3. The maximum atomic E-state index is 13.4. The molecule has 18 heteroatoms. The molecule has 4 amide bonds. The van der Waals surface area contributed by atoms with Crippen LogP contribution >= 0.6 is 46.4 Å². The summed E-state index contributed by atoms with van der Waals surface area (Å²) in [5, 5.41) is 26.8. The average Bonchev–Trinajstić information content (AvgIpc) is 3.23. The van der Waals surface area contributed by atoms with Crippen molar-refractivity contribution in [3.63, 3.8) is 0 Å². The van der Waals surface area contributed by atoms with Crippen LogP contribution in [0.3, 0.4) is 0 Å². The van der Waals surface area contributed by atoms with Crippen LogP contribution in [0.2, 0.25) is 10.0 Å². The Kier molecular flexibility index (Phi) is 16.6. The molecule has 0 aliphatic carbocycles. The fourth-order valence-corrected chi connectivity index (χ4v) is 6.67. The number of aryl methyl sites for hydroxylation is 2. The highest BCUT2D eigenvalue weighted by Gasteiger charge is 2.26. The lowest BCUT2D eigenvalue weighted by Gasteiger charge is -2.16. The minimum Gasteiger partial charge on any atom is -0.324 e. The number of hydrogen-bond acceptors (Lipinski definition) is 10. The van der Waals surface area contributed by atoms with Gasteiger partial charge < -0.3 is 21.3 Å². The van der Waals surface area contributed by atoms with Crippen LogP contribution < -0.4 is 21.3 Å². The van der Waals surface area contributed by atoms with E-state index >= 15 is 0 Å². The molecule has 14 nitrogen and oxygen atoms in total. The Hall–Kier alpha value is -6.32. The van der Waals surface area contributed by atoms with Gasteiger partial charge in [-0.05, 0) is 137 Å². The predicted octanol–water partition coefficient (Wildman–Crippen LogP) is 12.1. The number of anilines is 4. The van der Waals surface area contributed by atoms with Crippen molar-refractivity contribution < 1.29 is 28.8 Å². The third-order valence-electron chi connectivity index (χ3n) is 9.53. The molecular formula is C46H42Cl4N8O6. The zero-order chi connectivity index (χ0) is 46.8. The highest BCUT2D eigenvalue weighted by molar-refractivity contribution is 6.35. The molecule has 5 aromatic carbocycles. The van der Waals surface area contributed by atoms with Crippen LogP contribution in [0.5, 0.6) is 0 Å². The van der Waals surface area contributed by atoms with Gasteiger partial charge in [0.05, 0.1) is 43.3 Å². The lowest BCUT2D eigenvalue weighted by Crippen LogP contribution is -2.32. The number of nitrogens with one attached hydrogen (secondary N) is 4. The van der Waals surface area contributed by atoms with Crippen LogP contribution in [-0.2, 0) is 19.2 Å². The molecule has 0 radical (unpaired) electrons. The first-order valence-electron chi connectivity index (χ1n) is 19.6. The number of halogens is 4. The highest BCUT2D eigenvalue weighted by atomic mass is 35.5. The van der Waals surface area contributed by atoms with Gasteiger partial charge in [-0.3, -0.25) is 28.8 Å². The van der Waals surface area contributed by atoms with Gasteiger partial charge in [0, 0.05) is 22.7 Å². The van der Waals surface area contributed by atoms with Crippen LogP contribution in [0.1, 0.15) is 81.4 Å². The van der Waals surface area contributed by atoms with E-state index in [1.807, 2.05) is 26.0 Å². The van der Waals surface area contributed by atoms with E-state index in [9.17, 15) is 28.8 Å². The number of rotatable bonds is 16. The molecule has 330 valence electrons. The summed E-state index contributed by atoms with van der Waals surface area (Å²) < 4.78 is 0. The molecule has 5 aromatic rings. The Morgan fingerprint density at radius 1 is 0.516 bits per heavy atom. The molecule has 0 aliphatic heterocycles. The first kappa shape index (κ1) is 48.7. The van der Waals surface area contributed by atoms with Crippen LogP contribution in [0.15, 0.2) is 118 Å². The minimum atomic E-state index is -1.56. The number of ketones is 2. The molecule has 5 rings (SSSR count). The van der Waals surface area contributed by atoms with E-state index in [0.29, 0.717) is 33.9 Å². The second-order valence-corrected chi connectivity index (χ2v) is 16.8. The molecule has 4 unspecified atom stereocenters. The lowest BCUT2D eigenvalue weighted by molar-refractivity contribution is -0.127. The van der Waals surface area contributed by atoms with Gasteiger partial charge in [0.15, 0.2) is 11.6 Å². The van der Waals surface area contributed by atoms with E-state index in [0.717, 1.165) is 11.1 Å². The fraction of sp³-hybridized carbons (Fsp3) is 0.217. The fourth-order valence-electron chi connectivity index (χ4n) is 6.00. The molecule has 4 atom stereocenters. The third kappa shape index (κ3) is 12.9. The van der Waals surface area contributed by atoms with E-state index in [-0.39, 0.29) is 43.3 Å². The summed E-state index contributed by atoms with van der Waals surface area (Å²) >= 11 is 25.0. The zero-order valence-electron chi connectivity index (χ0n) is 35.3. The second kappa shape index (κ2) is 21.8. The van der Waals surface area contributed by atoms with Crippen LogP contribution in [0, 0.1) is 13.8 Å². The van der Waals surface area contributed by atoms with E-state index in [1.54, 1.807) is 62.4 Å². The van der Waals surface area contributed by atoms with Gasteiger partial charge in [-0.25, -0.2) is 0 Å². The van der Waals surface area contributed by atoms with Gasteiger partial charge in [-0.15, -0.1) is 23.2 Å². The number of nitrogens with zero attached hydrogens (tertiary/aromatic N) is 4. The first-order chi connectivity index (χ1) is 30.3. The normalized spacial score (nSPS) is 13.2.